The molecule has 0 saturated heterocycles. The molecule has 0 saturated carbocycles. The van der Waals surface area contributed by atoms with Gasteiger partial charge in [-0.2, -0.15) is 13.2 Å². The number of anilines is 2. The van der Waals surface area contributed by atoms with E-state index in [-0.39, 0.29) is 10.6 Å². The van der Waals surface area contributed by atoms with Gasteiger partial charge in [-0.15, -0.1) is 0 Å². The molecule has 3 aromatic carbocycles. The van der Waals surface area contributed by atoms with E-state index in [2.05, 4.69) is 0 Å². The van der Waals surface area contributed by atoms with Crippen LogP contribution in [0.25, 0.3) is 10.8 Å². The van der Waals surface area contributed by atoms with E-state index in [1.807, 2.05) is 25.1 Å². The Kier molecular flexibility index (Phi) is 5.86. The van der Waals surface area contributed by atoms with E-state index in [1.54, 1.807) is 24.3 Å². The number of hydrogen-bond acceptors (Lipinski definition) is 4. The molecular formula is C21H20F3N3O3S. The van der Waals surface area contributed by atoms with Crippen molar-refractivity contribution in [1.82, 2.24) is 0 Å². The van der Waals surface area contributed by atoms with E-state index in [1.165, 1.54) is 6.07 Å². The highest BCUT2D eigenvalue weighted by atomic mass is 32.2. The Morgan fingerprint density at radius 2 is 1.52 bits per heavy atom. The summed E-state index contributed by atoms with van der Waals surface area (Å²) < 4.78 is 66.5. The van der Waals surface area contributed by atoms with Crippen LogP contribution < -0.4 is 14.9 Å². The minimum atomic E-state index is -4.58. The van der Waals surface area contributed by atoms with Crippen molar-refractivity contribution >= 4 is 38.1 Å². The number of amides is 1. The van der Waals surface area contributed by atoms with Gasteiger partial charge >= 0.3 is 6.18 Å². The number of fused-ring (bicyclic) bond motifs is 1. The molecule has 0 heterocycles. The first-order valence-electron chi connectivity index (χ1n) is 9.10. The van der Waals surface area contributed by atoms with E-state index in [0.717, 1.165) is 30.0 Å². The summed E-state index contributed by atoms with van der Waals surface area (Å²) in [4.78, 5) is 13.4. The fourth-order valence-electron chi connectivity index (χ4n) is 3.27. The lowest BCUT2D eigenvalue weighted by Crippen LogP contribution is -2.38. The number of nitrogens with zero attached hydrogens (tertiary/aromatic N) is 2. The SMILES string of the molecule is CN(C)c1cccc2c(S(=O)(=O)N(CC(N)=O)c3ccc(C(F)(F)F)cc3)cccc12. The molecule has 0 bridgehead atoms. The number of carbonyl (C=O) groups excluding carboxylic acids is 1. The Bertz CT molecular complexity index is 1220. The van der Waals surface area contributed by atoms with Gasteiger partial charge in [-0.25, -0.2) is 8.42 Å². The van der Waals surface area contributed by atoms with Crippen molar-refractivity contribution in [2.75, 3.05) is 29.8 Å². The highest BCUT2D eigenvalue weighted by Gasteiger charge is 2.32. The molecule has 10 heteroatoms. The number of primary amides is 1. The minimum Gasteiger partial charge on any atom is -0.377 e. The van der Waals surface area contributed by atoms with Crippen LogP contribution in [0.15, 0.2) is 65.6 Å². The first-order valence-corrected chi connectivity index (χ1v) is 10.5. The second-order valence-electron chi connectivity index (χ2n) is 7.05. The topological polar surface area (TPSA) is 83.7 Å². The Morgan fingerprint density at radius 3 is 2.06 bits per heavy atom. The highest BCUT2D eigenvalue weighted by Crippen LogP contribution is 2.35. The largest absolute Gasteiger partial charge is 0.416 e. The van der Waals surface area contributed by atoms with Gasteiger partial charge in [0.25, 0.3) is 10.0 Å². The first-order chi connectivity index (χ1) is 14.4. The predicted molar refractivity (Wildman–Crippen MR) is 113 cm³/mol. The van der Waals surface area contributed by atoms with E-state index in [0.29, 0.717) is 15.1 Å². The Balaban J connectivity index is 2.19. The number of halogens is 3. The molecule has 0 spiro atoms. The van der Waals surface area contributed by atoms with Crippen LogP contribution in [0.4, 0.5) is 24.5 Å². The Morgan fingerprint density at radius 1 is 0.935 bits per heavy atom. The maximum atomic E-state index is 13.5. The van der Waals surface area contributed by atoms with Crippen molar-refractivity contribution in [3.05, 3.63) is 66.2 Å². The van der Waals surface area contributed by atoms with Gasteiger partial charge in [0.1, 0.15) is 6.54 Å². The van der Waals surface area contributed by atoms with Gasteiger partial charge in [0.15, 0.2) is 0 Å². The van der Waals surface area contributed by atoms with Gasteiger partial charge in [-0.1, -0.05) is 24.3 Å². The fraction of sp³-hybridized carbons (Fsp3) is 0.190. The van der Waals surface area contributed by atoms with E-state index in [4.69, 9.17) is 5.73 Å². The second kappa shape index (κ2) is 8.10. The lowest BCUT2D eigenvalue weighted by Gasteiger charge is -2.25. The molecule has 3 rings (SSSR count). The van der Waals surface area contributed by atoms with Gasteiger partial charge in [0.2, 0.25) is 5.91 Å². The van der Waals surface area contributed by atoms with Crippen molar-refractivity contribution in [2.45, 2.75) is 11.1 Å². The van der Waals surface area contributed by atoms with Crippen LogP contribution in [-0.2, 0) is 21.0 Å². The molecule has 164 valence electrons. The van der Waals surface area contributed by atoms with Gasteiger partial charge in [0.05, 0.1) is 16.1 Å². The molecule has 1 amide bonds. The molecular weight excluding hydrogens is 431 g/mol. The quantitative estimate of drug-likeness (QED) is 0.621. The Hall–Kier alpha value is -3.27. The summed E-state index contributed by atoms with van der Waals surface area (Å²) in [5, 5.41) is 1.08. The van der Waals surface area contributed by atoms with E-state index >= 15 is 0 Å². The van der Waals surface area contributed by atoms with E-state index < -0.39 is 34.2 Å². The zero-order valence-corrected chi connectivity index (χ0v) is 17.5. The third-order valence-electron chi connectivity index (χ3n) is 4.69. The molecule has 31 heavy (non-hydrogen) atoms. The number of alkyl halides is 3. The van der Waals surface area contributed by atoms with Crippen LogP contribution >= 0.6 is 0 Å². The molecule has 0 aliphatic rings. The molecule has 3 aromatic rings. The fourth-order valence-corrected chi connectivity index (χ4v) is 4.91. The maximum absolute atomic E-state index is 13.5. The summed E-state index contributed by atoms with van der Waals surface area (Å²) in [6, 6.07) is 13.4. The lowest BCUT2D eigenvalue weighted by molar-refractivity contribution is -0.137. The van der Waals surface area contributed by atoms with Gasteiger partial charge in [-0.05, 0) is 36.4 Å². The van der Waals surface area contributed by atoms with Crippen LogP contribution in [-0.4, -0.2) is 35.0 Å². The summed E-state index contributed by atoms with van der Waals surface area (Å²) >= 11 is 0. The molecule has 0 atom stereocenters. The second-order valence-corrected chi connectivity index (χ2v) is 8.88. The molecule has 0 radical (unpaired) electrons. The van der Waals surface area contributed by atoms with Gasteiger partial charge in [0, 0.05) is 30.6 Å². The summed E-state index contributed by atoms with van der Waals surface area (Å²) in [5.74, 6) is -0.947. The lowest BCUT2D eigenvalue weighted by atomic mass is 10.1. The van der Waals surface area contributed by atoms with Crippen LogP contribution in [0, 0.1) is 0 Å². The number of rotatable bonds is 6. The molecule has 2 N–H and O–H groups in total. The molecule has 0 fully saturated rings. The average Bonchev–Trinajstić information content (AvgIpc) is 2.70. The number of carbonyl (C=O) groups is 1. The van der Waals surface area contributed by atoms with E-state index in [9.17, 15) is 26.4 Å². The summed E-state index contributed by atoms with van der Waals surface area (Å²) in [6.07, 6.45) is -4.58. The number of hydrogen-bond donors (Lipinski definition) is 1. The number of sulfonamides is 1. The first kappa shape index (κ1) is 22.4. The van der Waals surface area contributed by atoms with Crippen molar-refractivity contribution in [1.29, 1.82) is 0 Å². The van der Waals surface area contributed by atoms with Crippen LogP contribution in [0.2, 0.25) is 0 Å². The third-order valence-corrected chi connectivity index (χ3v) is 6.52. The molecule has 0 aliphatic heterocycles. The standard InChI is InChI=1S/C21H20F3N3O3S/c1-26(2)18-7-3-6-17-16(18)5-4-8-19(17)31(29,30)27(13-20(25)28)15-11-9-14(10-12-15)21(22,23)24/h3-12H,13H2,1-2H3,(H2,25,28). The van der Waals surface area contributed by atoms with Crippen molar-refractivity contribution in [3.8, 4) is 0 Å². The molecule has 6 nitrogen and oxygen atoms in total. The van der Waals surface area contributed by atoms with Crippen molar-refractivity contribution in [3.63, 3.8) is 0 Å². The van der Waals surface area contributed by atoms with Crippen LogP contribution in [0.1, 0.15) is 5.56 Å². The maximum Gasteiger partial charge on any atom is 0.416 e. The average molecular weight is 451 g/mol. The zero-order valence-electron chi connectivity index (χ0n) is 16.7. The summed E-state index contributed by atoms with van der Waals surface area (Å²) in [5.41, 5.74) is 4.99. The normalized spacial score (nSPS) is 12.0. The van der Waals surface area contributed by atoms with Crippen LogP contribution in [0.5, 0.6) is 0 Å². The summed E-state index contributed by atoms with van der Waals surface area (Å²) in [7, 11) is -0.700. The zero-order chi connectivity index (χ0) is 23.0. The van der Waals surface area contributed by atoms with Crippen molar-refractivity contribution < 1.29 is 26.4 Å². The van der Waals surface area contributed by atoms with Gasteiger partial charge < -0.3 is 10.6 Å². The number of nitrogens with two attached hydrogens (primary N) is 1. The number of benzene rings is 3. The molecule has 0 aromatic heterocycles. The minimum absolute atomic E-state index is 0.0881. The Labute approximate surface area is 177 Å². The third kappa shape index (κ3) is 4.43. The highest BCUT2D eigenvalue weighted by molar-refractivity contribution is 7.93. The van der Waals surface area contributed by atoms with Crippen LogP contribution in [0.3, 0.4) is 0 Å². The smallest absolute Gasteiger partial charge is 0.377 e. The van der Waals surface area contributed by atoms with Gasteiger partial charge in [-0.3, -0.25) is 9.10 Å². The molecule has 0 aliphatic carbocycles. The molecule has 0 unspecified atom stereocenters. The monoisotopic (exact) mass is 451 g/mol. The predicted octanol–water partition coefficient (Wildman–Crippen LogP) is 3.61. The summed E-state index contributed by atoms with van der Waals surface area (Å²) in [6.45, 7) is -0.725. The van der Waals surface area contributed by atoms with Crippen molar-refractivity contribution in [2.24, 2.45) is 5.73 Å².